The van der Waals surface area contributed by atoms with E-state index in [9.17, 15) is 4.79 Å². The number of urea groups is 1. The third-order valence-corrected chi connectivity index (χ3v) is 6.70. The smallest absolute Gasteiger partial charge is 0.329 e. The maximum absolute atomic E-state index is 13.2. The molecule has 2 aromatic rings. The van der Waals surface area contributed by atoms with Crippen LogP contribution in [0.2, 0.25) is 0 Å². The number of fused-ring (bicyclic) bond motifs is 1. The van der Waals surface area contributed by atoms with Crippen molar-refractivity contribution in [3.8, 4) is 0 Å². The number of nitrogens with zero attached hydrogens (tertiary/aromatic N) is 4. The number of aryl methyl sites for hydroxylation is 2. The zero-order chi connectivity index (χ0) is 20.4. The molecule has 2 aromatic heterocycles. The molecular weight excluding hydrogens is 384 g/mol. The van der Waals surface area contributed by atoms with E-state index < -0.39 is 0 Å². The Hall–Kier alpha value is -2.35. The van der Waals surface area contributed by atoms with E-state index in [1.165, 1.54) is 24.2 Å². The van der Waals surface area contributed by atoms with Crippen molar-refractivity contribution in [1.29, 1.82) is 0 Å². The molecule has 2 aliphatic heterocycles. The highest BCUT2D eigenvalue weighted by Gasteiger charge is 2.25. The Bertz CT molecular complexity index is 863. The molecule has 2 amide bonds. The molecule has 0 aromatic carbocycles. The third kappa shape index (κ3) is 4.47. The normalized spacial score (nSPS) is 19.8. The van der Waals surface area contributed by atoms with Crippen molar-refractivity contribution in [3.05, 3.63) is 22.7 Å². The molecule has 2 aliphatic rings. The Morgan fingerprint density at radius 3 is 2.83 bits per heavy atom. The van der Waals surface area contributed by atoms with Crippen LogP contribution >= 0.6 is 11.3 Å². The Labute approximate surface area is 176 Å². The summed E-state index contributed by atoms with van der Waals surface area (Å²) in [4.78, 5) is 27.8. The van der Waals surface area contributed by atoms with Gasteiger partial charge in [0.25, 0.3) is 0 Å². The molecule has 1 fully saturated rings. The number of carbonyl (C=O) groups excluding carboxylic acids is 1. The molecule has 0 aliphatic carbocycles. The van der Waals surface area contributed by atoms with E-state index in [4.69, 9.17) is 4.98 Å². The number of hydrogen-bond donors (Lipinski definition) is 2. The van der Waals surface area contributed by atoms with Gasteiger partial charge in [0.15, 0.2) is 10.9 Å². The zero-order valence-electron chi connectivity index (χ0n) is 17.5. The van der Waals surface area contributed by atoms with Crippen LogP contribution in [-0.2, 0) is 0 Å². The summed E-state index contributed by atoms with van der Waals surface area (Å²) in [5.41, 5.74) is 1.87. The molecule has 0 bridgehead atoms. The average molecular weight is 415 g/mol. The molecule has 1 saturated heterocycles. The van der Waals surface area contributed by atoms with E-state index >= 15 is 0 Å². The van der Waals surface area contributed by atoms with Crippen molar-refractivity contribution in [1.82, 2.24) is 9.97 Å². The second-order valence-electron chi connectivity index (χ2n) is 8.11. The number of aromatic nitrogens is 2. The van der Waals surface area contributed by atoms with Gasteiger partial charge in [-0.3, -0.25) is 10.2 Å². The molecule has 8 heteroatoms. The van der Waals surface area contributed by atoms with Crippen LogP contribution in [0.4, 0.5) is 27.2 Å². The Balaban J connectivity index is 1.62. The highest BCUT2D eigenvalue weighted by molar-refractivity contribution is 7.15. The van der Waals surface area contributed by atoms with Crippen LogP contribution in [0.3, 0.4) is 0 Å². The van der Waals surface area contributed by atoms with Gasteiger partial charge in [0.2, 0.25) is 0 Å². The minimum absolute atomic E-state index is 0.166. The van der Waals surface area contributed by atoms with E-state index in [1.54, 1.807) is 4.90 Å². The first-order valence-electron chi connectivity index (χ1n) is 10.5. The van der Waals surface area contributed by atoms with Crippen molar-refractivity contribution in [2.45, 2.75) is 46.5 Å². The van der Waals surface area contributed by atoms with Gasteiger partial charge in [0.05, 0.1) is 11.4 Å². The summed E-state index contributed by atoms with van der Waals surface area (Å²) >= 11 is 1.51. The molecule has 4 heterocycles. The molecule has 156 valence electrons. The molecule has 29 heavy (non-hydrogen) atoms. The summed E-state index contributed by atoms with van der Waals surface area (Å²) in [6.45, 7) is 9.86. The monoisotopic (exact) mass is 414 g/mol. The van der Waals surface area contributed by atoms with Crippen LogP contribution < -0.4 is 20.4 Å². The summed E-state index contributed by atoms with van der Waals surface area (Å²) in [5, 5.41) is 7.07. The number of rotatable bonds is 2. The highest BCUT2D eigenvalue weighted by atomic mass is 32.1. The van der Waals surface area contributed by atoms with E-state index in [0.29, 0.717) is 23.4 Å². The lowest BCUT2D eigenvalue weighted by atomic mass is 10.0. The van der Waals surface area contributed by atoms with Gasteiger partial charge in [0, 0.05) is 31.1 Å². The van der Waals surface area contributed by atoms with Crippen LogP contribution in [0.5, 0.6) is 0 Å². The minimum Gasteiger partial charge on any atom is -0.382 e. The maximum Gasteiger partial charge on any atom is 0.329 e. The van der Waals surface area contributed by atoms with E-state index in [2.05, 4.69) is 39.6 Å². The number of anilines is 4. The third-order valence-electron chi connectivity index (χ3n) is 5.71. The topological polar surface area (TPSA) is 73.4 Å². The van der Waals surface area contributed by atoms with Crippen LogP contribution in [0, 0.1) is 19.8 Å². The fourth-order valence-electron chi connectivity index (χ4n) is 3.96. The van der Waals surface area contributed by atoms with Gasteiger partial charge >= 0.3 is 6.03 Å². The predicted molar refractivity (Wildman–Crippen MR) is 121 cm³/mol. The summed E-state index contributed by atoms with van der Waals surface area (Å²) in [5.74, 6) is 2.33. The number of amides is 2. The number of hydrogen-bond acceptors (Lipinski definition) is 6. The molecule has 2 N–H and O–H groups in total. The molecular formula is C21H30N6OS. The lowest BCUT2D eigenvalue weighted by Gasteiger charge is -2.33. The lowest BCUT2D eigenvalue weighted by molar-refractivity contribution is 0.256. The Morgan fingerprint density at radius 1 is 1.21 bits per heavy atom. The number of carbonyl (C=O) groups is 1. The van der Waals surface area contributed by atoms with Crippen molar-refractivity contribution >= 4 is 39.8 Å². The van der Waals surface area contributed by atoms with E-state index in [0.717, 1.165) is 54.6 Å². The van der Waals surface area contributed by atoms with Crippen LogP contribution in [0.25, 0.3) is 0 Å². The van der Waals surface area contributed by atoms with Crippen molar-refractivity contribution in [2.24, 2.45) is 5.92 Å². The van der Waals surface area contributed by atoms with Gasteiger partial charge < -0.3 is 10.2 Å². The SMILES string of the molecule is Cc1nc(NC(=O)N2CCCCNc3ccc(N4CCCC(C)C4)nc32)sc1C. The van der Waals surface area contributed by atoms with Gasteiger partial charge in [-0.05, 0) is 57.6 Å². The number of piperidine rings is 1. The summed E-state index contributed by atoms with van der Waals surface area (Å²) in [6.07, 6.45) is 4.40. The average Bonchev–Trinajstić information content (AvgIpc) is 2.99. The second-order valence-corrected chi connectivity index (χ2v) is 9.31. The number of thiazole rings is 1. The van der Waals surface area contributed by atoms with Crippen molar-refractivity contribution < 1.29 is 4.79 Å². The molecule has 0 radical (unpaired) electrons. The fraction of sp³-hybridized carbons (Fsp3) is 0.571. The van der Waals surface area contributed by atoms with Gasteiger partial charge in [-0.2, -0.15) is 0 Å². The van der Waals surface area contributed by atoms with E-state index in [-0.39, 0.29) is 6.03 Å². The standard InChI is InChI=1S/C21H30N6OS/c1-14-7-6-11-26(13-14)18-9-8-17-19(24-18)27(12-5-4-10-22-17)21(28)25-20-23-15(2)16(3)29-20/h8-9,14,22H,4-7,10-13H2,1-3H3,(H,23,25,28). The van der Waals surface area contributed by atoms with Crippen LogP contribution in [-0.4, -0.2) is 42.2 Å². The molecule has 0 saturated carbocycles. The first kappa shape index (κ1) is 19.9. The highest BCUT2D eigenvalue weighted by Crippen LogP contribution is 2.31. The maximum atomic E-state index is 13.2. The van der Waals surface area contributed by atoms with Crippen LogP contribution in [0.1, 0.15) is 43.2 Å². The minimum atomic E-state index is -0.166. The number of nitrogens with one attached hydrogen (secondary N) is 2. The predicted octanol–water partition coefficient (Wildman–Crippen LogP) is 4.64. The molecule has 4 rings (SSSR count). The molecule has 0 spiro atoms. The largest absolute Gasteiger partial charge is 0.382 e. The lowest BCUT2D eigenvalue weighted by Crippen LogP contribution is -2.39. The summed E-state index contributed by atoms with van der Waals surface area (Å²) in [6, 6.07) is 3.98. The summed E-state index contributed by atoms with van der Waals surface area (Å²) in [7, 11) is 0. The fourth-order valence-corrected chi connectivity index (χ4v) is 4.77. The quantitative estimate of drug-likeness (QED) is 0.749. The van der Waals surface area contributed by atoms with Crippen molar-refractivity contribution in [2.75, 3.05) is 46.6 Å². The second kappa shape index (κ2) is 8.57. The Morgan fingerprint density at radius 2 is 2.07 bits per heavy atom. The first-order chi connectivity index (χ1) is 14.0. The van der Waals surface area contributed by atoms with E-state index in [1.807, 2.05) is 13.8 Å². The Kier molecular flexibility index (Phi) is 5.89. The number of pyridine rings is 1. The van der Waals surface area contributed by atoms with Crippen LogP contribution in [0.15, 0.2) is 12.1 Å². The zero-order valence-corrected chi connectivity index (χ0v) is 18.3. The van der Waals surface area contributed by atoms with Gasteiger partial charge in [-0.15, -0.1) is 11.3 Å². The van der Waals surface area contributed by atoms with Gasteiger partial charge in [0.1, 0.15) is 5.82 Å². The van der Waals surface area contributed by atoms with Crippen molar-refractivity contribution in [3.63, 3.8) is 0 Å². The molecule has 7 nitrogen and oxygen atoms in total. The molecule has 1 unspecified atom stereocenters. The first-order valence-corrected chi connectivity index (χ1v) is 11.4. The van der Waals surface area contributed by atoms with Gasteiger partial charge in [-0.25, -0.2) is 14.8 Å². The van der Waals surface area contributed by atoms with Gasteiger partial charge in [-0.1, -0.05) is 6.92 Å². The summed E-state index contributed by atoms with van der Waals surface area (Å²) < 4.78 is 0. The molecule has 1 atom stereocenters.